The van der Waals surface area contributed by atoms with Crippen molar-refractivity contribution < 1.29 is 4.74 Å². The lowest BCUT2D eigenvalue weighted by molar-refractivity contribution is 0.0890. The molecule has 0 heterocycles. The Labute approximate surface area is 81.2 Å². The second-order valence-electron chi connectivity index (χ2n) is 3.74. The predicted molar refractivity (Wildman–Crippen MR) is 54.7 cm³/mol. The minimum Gasteiger partial charge on any atom is -0.380 e. The van der Waals surface area contributed by atoms with Crippen LogP contribution in [-0.2, 0) is 4.74 Å². The Hall–Kier alpha value is -0.120. The molecule has 13 heavy (non-hydrogen) atoms. The van der Waals surface area contributed by atoms with Gasteiger partial charge in [0.05, 0.1) is 6.10 Å². The number of nitrogens with zero attached hydrogens (tertiary/aromatic N) is 1. The van der Waals surface area contributed by atoms with Gasteiger partial charge in [-0.05, 0) is 25.8 Å². The lowest BCUT2D eigenvalue weighted by atomic mass is 10.2. The summed E-state index contributed by atoms with van der Waals surface area (Å²) < 4.78 is 5.24. The van der Waals surface area contributed by atoms with Crippen LogP contribution in [0.25, 0.3) is 0 Å². The molecule has 1 aliphatic rings. The molecule has 0 amide bonds. The molecule has 1 fully saturated rings. The molecule has 1 saturated carbocycles. The first-order valence-electron chi connectivity index (χ1n) is 5.28. The van der Waals surface area contributed by atoms with Crippen molar-refractivity contribution in [3.8, 4) is 0 Å². The van der Waals surface area contributed by atoms with Crippen molar-refractivity contribution >= 4 is 0 Å². The van der Waals surface area contributed by atoms with Gasteiger partial charge in [-0.2, -0.15) is 0 Å². The third-order valence-corrected chi connectivity index (χ3v) is 2.80. The molecule has 78 valence electrons. The van der Waals surface area contributed by atoms with Crippen LogP contribution in [-0.4, -0.2) is 43.8 Å². The van der Waals surface area contributed by atoms with Crippen LogP contribution >= 0.6 is 0 Å². The van der Waals surface area contributed by atoms with Crippen LogP contribution in [0.1, 0.15) is 26.2 Å². The molecule has 0 spiro atoms. The molecule has 1 unspecified atom stereocenters. The molecular weight excluding hydrogens is 164 g/mol. The van der Waals surface area contributed by atoms with E-state index >= 15 is 0 Å². The van der Waals surface area contributed by atoms with E-state index < -0.39 is 0 Å². The second-order valence-corrected chi connectivity index (χ2v) is 3.74. The fourth-order valence-corrected chi connectivity index (χ4v) is 1.68. The van der Waals surface area contributed by atoms with Crippen molar-refractivity contribution in [2.24, 2.45) is 5.73 Å². The zero-order valence-electron chi connectivity index (χ0n) is 8.83. The lowest BCUT2D eigenvalue weighted by Gasteiger charge is -2.22. The quantitative estimate of drug-likeness (QED) is 0.640. The molecule has 0 bridgehead atoms. The highest BCUT2D eigenvalue weighted by Gasteiger charge is 2.27. The van der Waals surface area contributed by atoms with E-state index in [-0.39, 0.29) is 6.10 Å². The Balaban J connectivity index is 2.14. The summed E-state index contributed by atoms with van der Waals surface area (Å²) in [6.45, 7) is 5.16. The SMILES string of the molecule is CCN(CCC(CN)OC)C1CC1. The van der Waals surface area contributed by atoms with Crippen LogP contribution in [0.2, 0.25) is 0 Å². The summed E-state index contributed by atoms with van der Waals surface area (Å²) in [4.78, 5) is 2.53. The molecule has 1 atom stereocenters. The maximum absolute atomic E-state index is 5.56. The summed E-state index contributed by atoms with van der Waals surface area (Å²) >= 11 is 0. The summed E-state index contributed by atoms with van der Waals surface area (Å²) in [6, 6.07) is 0.861. The number of nitrogens with two attached hydrogens (primary N) is 1. The highest BCUT2D eigenvalue weighted by atomic mass is 16.5. The van der Waals surface area contributed by atoms with Crippen LogP contribution in [0.15, 0.2) is 0 Å². The highest BCUT2D eigenvalue weighted by molar-refractivity contribution is 4.84. The molecule has 2 N–H and O–H groups in total. The topological polar surface area (TPSA) is 38.5 Å². The van der Waals surface area contributed by atoms with E-state index in [1.54, 1.807) is 7.11 Å². The Morgan fingerprint density at radius 3 is 2.62 bits per heavy atom. The van der Waals surface area contributed by atoms with E-state index in [9.17, 15) is 0 Å². The smallest absolute Gasteiger partial charge is 0.0705 e. The van der Waals surface area contributed by atoms with Gasteiger partial charge in [-0.15, -0.1) is 0 Å². The number of ether oxygens (including phenoxy) is 1. The van der Waals surface area contributed by atoms with Crippen molar-refractivity contribution in [2.75, 3.05) is 26.7 Å². The monoisotopic (exact) mass is 186 g/mol. The highest BCUT2D eigenvalue weighted by Crippen LogP contribution is 2.26. The van der Waals surface area contributed by atoms with Gasteiger partial charge >= 0.3 is 0 Å². The summed E-state index contributed by atoms with van der Waals surface area (Å²) in [5.74, 6) is 0. The molecule has 1 aliphatic carbocycles. The maximum atomic E-state index is 5.56. The van der Waals surface area contributed by atoms with Gasteiger partial charge in [0.15, 0.2) is 0 Å². The van der Waals surface area contributed by atoms with E-state index in [1.807, 2.05) is 0 Å². The Bertz CT molecular complexity index is 133. The first kappa shape index (κ1) is 11.0. The molecule has 1 rings (SSSR count). The maximum Gasteiger partial charge on any atom is 0.0705 e. The van der Waals surface area contributed by atoms with Crippen LogP contribution in [0, 0.1) is 0 Å². The van der Waals surface area contributed by atoms with Gasteiger partial charge in [0.1, 0.15) is 0 Å². The minimum absolute atomic E-state index is 0.243. The van der Waals surface area contributed by atoms with Gasteiger partial charge in [-0.25, -0.2) is 0 Å². The van der Waals surface area contributed by atoms with E-state index in [0.29, 0.717) is 6.54 Å². The molecule has 0 aromatic rings. The molecule has 0 saturated heterocycles. The number of hydrogen-bond acceptors (Lipinski definition) is 3. The number of hydrogen-bond donors (Lipinski definition) is 1. The third kappa shape index (κ3) is 3.63. The van der Waals surface area contributed by atoms with Gasteiger partial charge in [0.2, 0.25) is 0 Å². The molecule has 0 aliphatic heterocycles. The predicted octanol–water partition coefficient (Wildman–Crippen LogP) is 0.834. The van der Waals surface area contributed by atoms with Crippen molar-refractivity contribution in [3.63, 3.8) is 0 Å². The molecule has 0 aromatic carbocycles. The van der Waals surface area contributed by atoms with Crippen molar-refractivity contribution in [3.05, 3.63) is 0 Å². The lowest BCUT2D eigenvalue weighted by Crippen LogP contribution is -2.32. The number of rotatable bonds is 7. The second kappa shape index (κ2) is 5.58. The van der Waals surface area contributed by atoms with Crippen LogP contribution in [0.4, 0.5) is 0 Å². The van der Waals surface area contributed by atoms with Crippen molar-refractivity contribution in [1.82, 2.24) is 4.90 Å². The fraction of sp³-hybridized carbons (Fsp3) is 1.00. The van der Waals surface area contributed by atoms with Crippen molar-refractivity contribution in [2.45, 2.75) is 38.3 Å². The summed E-state index contributed by atoms with van der Waals surface area (Å²) in [7, 11) is 1.74. The van der Waals surface area contributed by atoms with Crippen LogP contribution < -0.4 is 5.73 Å². The summed E-state index contributed by atoms with van der Waals surface area (Å²) in [5, 5.41) is 0. The molecule has 0 aromatic heterocycles. The first-order valence-corrected chi connectivity index (χ1v) is 5.28. The van der Waals surface area contributed by atoms with E-state index in [0.717, 1.165) is 25.6 Å². The average Bonchev–Trinajstić information content (AvgIpc) is 2.96. The normalized spacial score (nSPS) is 19.4. The largest absolute Gasteiger partial charge is 0.380 e. The molecule has 0 radical (unpaired) electrons. The fourth-order valence-electron chi connectivity index (χ4n) is 1.68. The van der Waals surface area contributed by atoms with Gasteiger partial charge < -0.3 is 15.4 Å². The van der Waals surface area contributed by atoms with Gasteiger partial charge in [-0.1, -0.05) is 6.92 Å². The Morgan fingerprint density at radius 2 is 2.23 bits per heavy atom. The van der Waals surface area contributed by atoms with Crippen molar-refractivity contribution in [1.29, 1.82) is 0 Å². The summed E-state index contributed by atoms with van der Waals surface area (Å²) in [5.41, 5.74) is 5.56. The standard InChI is InChI=1S/C10H22N2O/c1-3-12(9-4-5-9)7-6-10(8-11)13-2/h9-10H,3-8,11H2,1-2H3. The van der Waals surface area contributed by atoms with Crippen LogP contribution in [0.3, 0.4) is 0 Å². The third-order valence-electron chi connectivity index (χ3n) is 2.80. The molecule has 3 nitrogen and oxygen atoms in total. The Morgan fingerprint density at radius 1 is 1.54 bits per heavy atom. The van der Waals surface area contributed by atoms with Gasteiger partial charge in [-0.3, -0.25) is 0 Å². The number of methoxy groups -OCH3 is 1. The zero-order valence-corrected chi connectivity index (χ0v) is 8.83. The van der Waals surface area contributed by atoms with Gasteiger partial charge in [0, 0.05) is 26.2 Å². The average molecular weight is 186 g/mol. The Kier molecular flexibility index (Phi) is 4.70. The van der Waals surface area contributed by atoms with Crippen LogP contribution in [0.5, 0.6) is 0 Å². The first-order chi connectivity index (χ1) is 6.31. The molecular formula is C10H22N2O. The van der Waals surface area contributed by atoms with E-state index in [4.69, 9.17) is 10.5 Å². The zero-order chi connectivity index (χ0) is 9.68. The molecule has 3 heteroatoms. The van der Waals surface area contributed by atoms with E-state index in [2.05, 4.69) is 11.8 Å². The van der Waals surface area contributed by atoms with E-state index in [1.165, 1.54) is 12.8 Å². The minimum atomic E-state index is 0.243. The summed E-state index contributed by atoms with van der Waals surface area (Å²) in [6.07, 6.45) is 4.08. The van der Waals surface area contributed by atoms with Gasteiger partial charge in [0.25, 0.3) is 0 Å².